The van der Waals surface area contributed by atoms with Gasteiger partial charge in [0.1, 0.15) is 0 Å². The van der Waals surface area contributed by atoms with Crippen LogP contribution in [-0.2, 0) is 0 Å². The van der Waals surface area contributed by atoms with E-state index in [0.717, 1.165) is 34.0 Å². The van der Waals surface area contributed by atoms with Crippen molar-refractivity contribution in [3.05, 3.63) is 33.3 Å². The molecule has 2 heteroatoms. The molecule has 1 aromatic carbocycles. The summed E-state index contributed by atoms with van der Waals surface area (Å²) in [5, 5.41) is 0. The number of aryl methyl sites for hydroxylation is 2. The first-order chi connectivity index (χ1) is 6.59. The maximum atomic E-state index is 11.9. The molecule has 1 nitrogen and oxygen atoms in total. The lowest BCUT2D eigenvalue weighted by molar-refractivity contribution is 0.0966. The van der Waals surface area contributed by atoms with Crippen LogP contribution in [0.25, 0.3) is 0 Å². The van der Waals surface area contributed by atoms with Gasteiger partial charge in [0.15, 0.2) is 5.78 Å². The van der Waals surface area contributed by atoms with Gasteiger partial charge in [-0.2, -0.15) is 0 Å². The van der Waals surface area contributed by atoms with Gasteiger partial charge in [-0.25, -0.2) is 0 Å². The molecule has 0 atom stereocenters. The molecule has 1 saturated carbocycles. The second-order valence-electron chi connectivity index (χ2n) is 4.05. The molecule has 0 bridgehead atoms. The molecule has 0 spiro atoms. The predicted octanol–water partition coefficient (Wildman–Crippen LogP) is 3.66. The quantitative estimate of drug-likeness (QED) is 0.735. The van der Waals surface area contributed by atoms with Crippen LogP contribution in [0.4, 0.5) is 0 Å². The third-order valence-corrected chi connectivity index (χ3v) is 3.15. The van der Waals surface area contributed by atoms with E-state index < -0.39 is 0 Å². The second kappa shape index (κ2) is 3.50. The number of hydrogen-bond acceptors (Lipinski definition) is 1. The summed E-state index contributed by atoms with van der Waals surface area (Å²) in [6.07, 6.45) is 2.15. The third-order valence-electron chi connectivity index (χ3n) is 2.69. The molecule has 74 valence electrons. The van der Waals surface area contributed by atoms with Crippen molar-refractivity contribution < 1.29 is 4.79 Å². The van der Waals surface area contributed by atoms with Crippen molar-refractivity contribution in [2.75, 3.05) is 0 Å². The van der Waals surface area contributed by atoms with E-state index in [-0.39, 0.29) is 0 Å². The Morgan fingerprint density at radius 3 is 2.21 bits per heavy atom. The monoisotopic (exact) mass is 252 g/mol. The molecule has 2 rings (SSSR count). The number of ketones is 1. The van der Waals surface area contributed by atoms with E-state index in [0.29, 0.717) is 11.7 Å². The van der Waals surface area contributed by atoms with Gasteiger partial charge in [0.05, 0.1) is 0 Å². The number of hydrogen-bond donors (Lipinski definition) is 0. The molecule has 0 N–H and O–H groups in total. The minimum Gasteiger partial charge on any atom is -0.294 e. The number of carbonyl (C=O) groups excluding carboxylic acids is 1. The van der Waals surface area contributed by atoms with Crippen LogP contribution in [0, 0.1) is 19.8 Å². The van der Waals surface area contributed by atoms with E-state index in [1.807, 2.05) is 26.0 Å². The molecule has 0 amide bonds. The molecular weight excluding hydrogens is 240 g/mol. The van der Waals surface area contributed by atoms with Crippen LogP contribution >= 0.6 is 15.9 Å². The van der Waals surface area contributed by atoms with Crippen LogP contribution in [0.1, 0.15) is 34.3 Å². The molecule has 1 aliphatic rings. The highest BCUT2D eigenvalue weighted by atomic mass is 79.9. The minimum absolute atomic E-state index is 0.313. The van der Waals surface area contributed by atoms with Crippen molar-refractivity contribution in [2.24, 2.45) is 5.92 Å². The fourth-order valence-corrected chi connectivity index (χ4v) is 2.54. The predicted molar refractivity (Wildman–Crippen MR) is 60.7 cm³/mol. The summed E-state index contributed by atoms with van der Waals surface area (Å²) in [6.45, 7) is 4.01. The molecule has 0 aliphatic heterocycles. The Hall–Kier alpha value is -0.630. The van der Waals surface area contributed by atoms with E-state index in [4.69, 9.17) is 0 Å². The van der Waals surface area contributed by atoms with Crippen molar-refractivity contribution in [1.82, 2.24) is 0 Å². The highest BCUT2D eigenvalue weighted by molar-refractivity contribution is 9.10. The Bertz CT molecular complexity index is 368. The summed E-state index contributed by atoms with van der Waals surface area (Å²) in [5.41, 5.74) is 3.12. The molecule has 0 aromatic heterocycles. The van der Waals surface area contributed by atoms with Crippen molar-refractivity contribution >= 4 is 21.7 Å². The lowest BCUT2D eigenvalue weighted by Gasteiger charge is -2.08. The van der Waals surface area contributed by atoms with E-state index in [1.54, 1.807) is 0 Å². The molecule has 0 unspecified atom stereocenters. The maximum Gasteiger partial charge on any atom is 0.166 e. The van der Waals surface area contributed by atoms with Crippen molar-refractivity contribution in [3.8, 4) is 0 Å². The summed E-state index contributed by atoms with van der Waals surface area (Å²) < 4.78 is 1.06. The van der Waals surface area contributed by atoms with Gasteiger partial charge >= 0.3 is 0 Å². The summed E-state index contributed by atoms with van der Waals surface area (Å²) in [7, 11) is 0. The Morgan fingerprint density at radius 2 is 1.79 bits per heavy atom. The van der Waals surface area contributed by atoms with Gasteiger partial charge in [0.25, 0.3) is 0 Å². The zero-order valence-electron chi connectivity index (χ0n) is 8.43. The zero-order chi connectivity index (χ0) is 10.3. The van der Waals surface area contributed by atoms with Crippen LogP contribution < -0.4 is 0 Å². The highest BCUT2D eigenvalue weighted by Gasteiger charge is 2.31. The Morgan fingerprint density at radius 1 is 1.29 bits per heavy atom. The SMILES string of the molecule is Cc1cc(Br)cc(C)c1C(=O)C1CC1. The van der Waals surface area contributed by atoms with Crippen molar-refractivity contribution in [2.45, 2.75) is 26.7 Å². The van der Waals surface area contributed by atoms with Gasteiger partial charge in [0, 0.05) is 16.0 Å². The van der Waals surface area contributed by atoms with Crippen LogP contribution in [0.5, 0.6) is 0 Å². The maximum absolute atomic E-state index is 11.9. The molecule has 0 saturated heterocycles. The molecule has 1 fully saturated rings. The lowest BCUT2D eigenvalue weighted by atomic mass is 9.97. The largest absolute Gasteiger partial charge is 0.294 e. The van der Waals surface area contributed by atoms with Crippen molar-refractivity contribution in [3.63, 3.8) is 0 Å². The second-order valence-corrected chi connectivity index (χ2v) is 4.97. The normalized spacial score (nSPS) is 15.6. The molecule has 1 aromatic rings. The first-order valence-corrected chi connectivity index (χ1v) is 5.70. The van der Waals surface area contributed by atoms with E-state index in [9.17, 15) is 4.79 Å². The zero-order valence-corrected chi connectivity index (χ0v) is 10.0. The van der Waals surface area contributed by atoms with Crippen molar-refractivity contribution in [1.29, 1.82) is 0 Å². The number of carbonyl (C=O) groups is 1. The standard InChI is InChI=1S/C12H13BrO/c1-7-5-10(13)6-8(2)11(7)12(14)9-3-4-9/h5-6,9H,3-4H2,1-2H3. The lowest BCUT2D eigenvalue weighted by Crippen LogP contribution is -2.06. The smallest absolute Gasteiger partial charge is 0.166 e. The number of rotatable bonds is 2. The number of halogens is 1. The topological polar surface area (TPSA) is 17.1 Å². The Balaban J connectivity index is 2.45. The number of Topliss-reactive ketones (excluding diaryl/α,β-unsaturated/α-hetero) is 1. The molecule has 1 aliphatic carbocycles. The average molecular weight is 253 g/mol. The minimum atomic E-state index is 0.313. The van der Waals surface area contributed by atoms with E-state index in [1.165, 1.54) is 0 Å². The average Bonchev–Trinajstić information content (AvgIpc) is 2.83. The van der Waals surface area contributed by atoms with Crippen LogP contribution in [0.2, 0.25) is 0 Å². The number of benzene rings is 1. The van der Waals surface area contributed by atoms with Gasteiger partial charge in [-0.05, 0) is 49.9 Å². The van der Waals surface area contributed by atoms with E-state index >= 15 is 0 Å². The molecule has 0 radical (unpaired) electrons. The molecular formula is C12H13BrO. The first-order valence-electron chi connectivity index (χ1n) is 4.90. The van der Waals surface area contributed by atoms with Gasteiger partial charge in [0.2, 0.25) is 0 Å². The van der Waals surface area contributed by atoms with E-state index in [2.05, 4.69) is 15.9 Å². The summed E-state index contributed by atoms with van der Waals surface area (Å²) in [4.78, 5) is 11.9. The Kier molecular flexibility index (Phi) is 2.48. The summed E-state index contributed by atoms with van der Waals surface area (Å²) in [5.74, 6) is 0.654. The summed E-state index contributed by atoms with van der Waals surface area (Å²) >= 11 is 3.44. The van der Waals surface area contributed by atoms with Gasteiger partial charge in [-0.1, -0.05) is 15.9 Å². The molecule has 0 heterocycles. The van der Waals surface area contributed by atoms with Gasteiger partial charge in [-0.3, -0.25) is 4.79 Å². The molecule has 14 heavy (non-hydrogen) atoms. The summed E-state index contributed by atoms with van der Waals surface area (Å²) in [6, 6.07) is 4.03. The van der Waals surface area contributed by atoms with Gasteiger partial charge in [-0.15, -0.1) is 0 Å². The van der Waals surface area contributed by atoms with Crippen LogP contribution in [-0.4, -0.2) is 5.78 Å². The van der Waals surface area contributed by atoms with Gasteiger partial charge < -0.3 is 0 Å². The van der Waals surface area contributed by atoms with Crippen LogP contribution in [0.15, 0.2) is 16.6 Å². The van der Waals surface area contributed by atoms with Crippen LogP contribution in [0.3, 0.4) is 0 Å². The fourth-order valence-electron chi connectivity index (χ4n) is 1.85. The fraction of sp³-hybridized carbons (Fsp3) is 0.417. The first kappa shape index (κ1) is 9.91. The Labute approximate surface area is 92.6 Å². The highest BCUT2D eigenvalue weighted by Crippen LogP contribution is 2.35. The third kappa shape index (κ3) is 1.76.